The van der Waals surface area contributed by atoms with Crippen molar-refractivity contribution in [3.05, 3.63) is 323 Å². The Morgan fingerprint density at radius 1 is 0.411 bits per heavy atom. The molecule has 0 fully saturated rings. The van der Waals surface area contributed by atoms with Crippen molar-refractivity contribution in [2.45, 2.75) is 166 Å². The number of carbonyl (C=O) groups excluding carboxylic acids is 5. The summed E-state index contributed by atoms with van der Waals surface area (Å²) in [6.07, 6.45) is 10.1. The maximum atomic E-state index is 11.7. The van der Waals surface area contributed by atoms with Gasteiger partial charge in [-0.3, -0.25) is 28.9 Å². The predicted octanol–water partition coefficient (Wildman–Crippen LogP) is 13.2. The van der Waals surface area contributed by atoms with Crippen LogP contribution in [-0.4, -0.2) is 114 Å². The van der Waals surface area contributed by atoms with Crippen LogP contribution in [0.4, 0.5) is 0 Å². The summed E-state index contributed by atoms with van der Waals surface area (Å²) in [5, 5.41) is 3.96. The summed E-state index contributed by atoms with van der Waals surface area (Å²) in [5.41, 5.74) is 54.3. The molecule has 0 saturated carbocycles. The van der Waals surface area contributed by atoms with Crippen molar-refractivity contribution in [2.75, 3.05) is 30.9 Å². The lowest BCUT2D eigenvalue weighted by atomic mass is 10.00. The van der Waals surface area contributed by atoms with Crippen LogP contribution in [0.25, 0.3) is 0 Å². The van der Waals surface area contributed by atoms with Gasteiger partial charge in [-0.15, -0.1) is 0 Å². The molecule has 8 atom stereocenters. The average molecular weight is 1580 g/mol. The van der Waals surface area contributed by atoms with Gasteiger partial charge in [0, 0.05) is 74.9 Å². The number of hydroxylamine groups is 3. The highest BCUT2D eigenvalue weighted by Crippen LogP contribution is 2.14. The number of amides is 3. The summed E-state index contributed by atoms with van der Waals surface area (Å²) >= 11 is 9.59. The Hall–Kier alpha value is -8.62. The molecule has 604 valence electrons. The summed E-state index contributed by atoms with van der Waals surface area (Å²) in [6.45, 7) is 7.35. The second-order valence-electron chi connectivity index (χ2n) is 27.5. The van der Waals surface area contributed by atoms with Crippen molar-refractivity contribution in [3.8, 4) is 0 Å². The van der Waals surface area contributed by atoms with Gasteiger partial charge in [-0.05, 0) is 132 Å². The minimum atomic E-state index is -0.404. The number of hydrogen-bond donors (Lipinski definition) is 11. The highest BCUT2D eigenvalue weighted by Gasteiger charge is 2.16. The molecule has 16 N–H and O–H groups in total. The van der Waals surface area contributed by atoms with Gasteiger partial charge in [-0.2, -0.15) is 25.3 Å². The van der Waals surface area contributed by atoms with Crippen molar-refractivity contribution in [2.24, 2.45) is 46.1 Å². The second-order valence-corrected chi connectivity index (χ2v) is 29.6. The van der Waals surface area contributed by atoms with Gasteiger partial charge in [0.15, 0.2) is 5.12 Å². The number of hydrogen-bond acceptors (Lipinski definition) is 18. The fourth-order valence-corrected chi connectivity index (χ4v) is 12.2. The van der Waals surface area contributed by atoms with E-state index in [4.69, 9.17) is 54.5 Å². The highest BCUT2D eigenvalue weighted by atomic mass is 32.2. The third kappa shape index (κ3) is 51.8. The van der Waals surface area contributed by atoms with E-state index in [2.05, 4.69) is 86.3 Å². The molecule has 9 aromatic rings. The Kier molecular flexibility index (Phi) is 54.8. The van der Waals surface area contributed by atoms with Crippen molar-refractivity contribution in [3.63, 3.8) is 0 Å². The van der Waals surface area contributed by atoms with Crippen LogP contribution < -0.4 is 50.9 Å². The Morgan fingerprint density at radius 3 is 1.04 bits per heavy atom. The second kappa shape index (κ2) is 62.9. The molecule has 9 aromatic carbocycles. The molecule has 9 rings (SSSR count). The third-order valence-electron chi connectivity index (χ3n) is 16.5. The quantitative estimate of drug-likeness (QED) is 0.00969. The average Bonchev–Trinajstić information content (AvgIpc) is 0.854. The van der Waals surface area contributed by atoms with Crippen molar-refractivity contribution in [1.82, 2.24) is 15.9 Å². The Balaban J connectivity index is 0.000000342. The van der Waals surface area contributed by atoms with Crippen LogP contribution in [0.3, 0.4) is 0 Å². The SMILES string of the molecule is CC(=O)SCC(N)Cc1ccccc1.CC(C)CC(N)CC(C=O)OCc1ccccc1.CNC(=O)CC(N)Cc1ccccc1.NC(CC(=O)NOCc1ccccc1)Cc1ccccc1.NC(CCS)Cc1ccccc1.NC(CCS)Cc1ccccc1.NC(Cc1ccccc1)CN(C=O)OCc1ccccc1. The first-order valence-corrected chi connectivity index (χ1v) is 40.5. The normalized spacial score (nSPS) is 12.6. The molecule has 0 bridgehead atoms. The molecule has 0 aromatic heterocycles. The van der Waals surface area contributed by atoms with E-state index >= 15 is 0 Å². The van der Waals surface area contributed by atoms with Gasteiger partial charge in [-0.1, -0.05) is 299 Å². The van der Waals surface area contributed by atoms with E-state index in [1.807, 2.05) is 237 Å². The zero-order valence-electron chi connectivity index (χ0n) is 65.8. The van der Waals surface area contributed by atoms with E-state index in [1.165, 1.54) is 39.1 Å². The number of thiol groups is 2. The lowest BCUT2D eigenvalue weighted by molar-refractivity contribution is -0.178. The molecule has 0 aliphatic carbocycles. The number of nitrogens with two attached hydrogens (primary N) is 7. The first kappa shape index (κ1) is 97.6. The maximum absolute atomic E-state index is 11.7. The van der Waals surface area contributed by atoms with E-state index in [0.29, 0.717) is 70.1 Å². The molecule has 8 unspecified atom stereocenters. The fourth-order valence-electron chi connectivity index (χ4n) is 11.0. The Labute approximate surface area is 682 Å². The number of carbonyl (C=O) groups is 5. The summed E-state index contributed by atoms with van der Waals surface area (Å²) in [4.78, 5) is 66.1. The molecular formula is C91H124N10O8S3. The number of rotatable bonds is 39. The number of benzene rings is 9. The molecule has 0 spiro atoms. The van der Waals surface area contributed by atoms with E-state index in [-0.39, 0.29) is 65.6 Å². The van der Waals surface area contributed by atoms with Crippen molar-refractivity contribution >= 4 is 66.6 Å². The minimum Gasteiger partial charge on any atom is -0.366 e. The maximum Gasteiger partial charge on any atom is 0.245 e. The minimum absolute atomic E-state index is 0.00608. The van der Waals surface area contributed by atoms with Crippen LogP contribution >= 0.6 is 37.0 Å². The highest BCUT2D eigenvalue weighted by molar-refractivity contribution is 8.13. The van der Waals surface area contributed by atoms with Gasteiger partial charge in [0.2, 0.25) is 18.2 Å². The molecule has 18 nitrogen and oxygen atoms in total. The molecular weight excluding hydrogens is 1460 g/mol. The number of aldehydes is 1. The standard InChI is InChI=1S/2C17H20N2O2.C15H23NO2.C11H16N2O.C11H15NOS.2C10H15NS/c18-17(11-15-7-3-1-4-8-15)12-19(14-20)21-13-16-9-5-2-6-10-16;18-16(11-14-7-3-1-4-8-14)12-17(20)19-21-13-15-9-5-2-6-10-15;1-12(2)8-14(16)9-15(10-17)18-11-13-6-4-3-5-7-13;1-13-11(14)8-10(12)7-9-5-3-2-4-6-9;1-9(13)14-8-11(12)7-10-5-3-2-4-6-10;2*11-10(6-7-12)8-9-4-2-1-3-5-9/h1-10,14,17H,11-13,18H2;1-10,16H,11-13,18H2,(H,19,20);3-7,10,12,14-15H,8-9,11,16H2,1-2H3;2-6,10H,7-8,12H2,1H3,(H,13,14);2-6,11H,7-8,12H2,1H3;2*1-5,10,12H,6-8,11H2. The summed E-state index contributed by atoms with van der Waals surface area (Å²) in [5.74, 6) is 2.77. The predicted molar refractivity (Wildman–Crippen MR) is 469 cm³/mol. The Morgan fingerprint density at radius 2 is 0.723 bits per heavy atom. The van der Waals surface area contributed by atoms with Gasteiger partial charge in [-0.25, -0.2) is 10.5 Å². The van der Waals surface area contributed by atoms with Gasteiger partial charge in [0.1, 0.15) is 19.0 Å². The molecule has 3 amide bonds. The van der Waals surface area contributed by atoms with Crippen LogP contribution in [0.5, 0.6) is 0 Å². The van der Waals surface area contributed by atoms with Gasteiger partial charge < -0.3 is 55.0 Å². The monoisotopic (exact) mass is 1580 g/mol. The van der Waals surface area contributed by atoms with Crippen LogP contribution in [0.15, 0.2) is 273 Å². The summed E-state index contributed by atoms with van der Waals surface area (Å²) in [6, 6.07) is 89.9. The topological polar surface area (TPSA) is 322 Å². The number of nitrogens with zero attached hydrogens (tertiary/aromatic N) is 1. The largest absolute Gasteiger partial charge is 0.366 e. The van der Waals surface area contributed by atoms with Crippen LogP contribution in [0.2, 0.25) is 0 Å². The summed E-state index contributed by atoms with van der Waals surface area (Å²) in [7, 11) is 1.62. The van der Waals surface area contributed by atoms with Crippen molar-refractivity contribution in [1.29, 1.82) is 0 Å². The van der Waals surface area contributed by atoms with Crippen molar-refractivity contribution < 1.29 is 38.4 Å². The molecule has 0 saturated heterocycles. The molecule has 0 heterocycles. The third-order valence-corrected chi connectivity index (χ3v) is 18.0. The van der Waals surface area contributed by atoms with E-state index < -0.39 is 6.10 Å². The molecule has 0 aliphatic rings. The van der Waals surface area contributed by atoms with Crippen LogP contribution in [0, 0.1) is 5.92 Å². The molecule has 21 heteroatoms. The first-order chi connectivity index (χ1) is 54.2. The van der Waals surface area contributed by atoms with Crippen LogP contribution in [0.1, 0.15) is 109 Å². The smallest absolute Gasteiger partial charge is 0.245 e. The molecule has 0 radical (unpaired) electrons. The number of nitrogens with one attached hydrogen (secondary N) is 2. The van der Waals surface area contributed by atoms with Crippen LogP contribution in [-0.2, 0) is 96.7 Å². The fraction of sp³-hybridized carbons (Fsp3) is 0.352. The van der Waals surface area contributed by atoms with E-state index in [0.717, 1.165) is 90.6 Å². The molecule has 112 heavy (non-hydrogen) atoms. The van der Waals surface area contributed by atoms with Gasteiger partial charge in [0.05, 0.1) is 19.8 Å². The zero-order valence-corrected chi connectivity index (χ0v) is 68.4. The van der Waals surface area contributed by atoms with E-state index in [9.17, 15) is 24.0 Å². The van der Waals surface area contributed by atoms with Gasteiger partial charge >= 0.3 is 0 Å². The van der Waals surface area contributed by atoms with Gasteiger partial charge in [0.25, 0.3) is 0 Å². The first-order valence-electron chi connectivity index (χ1n) is 38.2. The van der Waals surface area contributed by atoms with E-state index in [1.54, 1.807) is 14.0 Å². The lowest BCUT2D eigenvalue weighted by Gasteiger charge is -2.21. The Bertz CT molecular complexity index is 3720. The molecule has 0 aliphatic heterocycles. The zero-order chi connectivity index (χ0) is 81.6. The summed E-state index contributed by atoms with van der Waals surface area (Å²) < 4.78 is 5.58. The number of thioether (sulfide) groups is 1. The number of ether oxygens (including phenoxy) is 1. The lowest BCUT2D eigenvalue weighted by Crippen LogP contribution is -2.38.